The van der Waals surface area contributed by atoms with Crippen molar-refractivity contribution in [2.45, 2.75) is 30.9 Å². The fraction of sp³-hybridized carbons (Fsp3) is 0.350. The molecule has 0 aliphatic carbocycles. The Hall–Kier alpha value is -2.17. The zero-order valence-electron chi connectivity index (χ0n) is 13.8. The first-order valence-electron chi connectivity index (χ1n) is 8.51. The summed E-state index contributed by atoms with van der Waals surface area (Å²) in [6, 6.07) is 17.9. The number of primary amides is 1. The van der Waals surface area contributed by atoms with Gasteiger partial charge in [0.2, 0.25) is 5.91 Å². The van der Waals surface area contributed by atoms with Crippen LogP contribution in [0.4, 0.5) is 0 Å². The highest BCUT2D eigenvalue weighted by Crippen LogP contribution is 2.36. The second kappa shape index (κ2) is 7.16. The van der Waals surface area contributed by atoms with Crippen LogP contribution in [0, 0.1) is 0 Å². The molecule has 1 atom stereocenters. The first-order valence-corrected chi connectivity index (χ1v) is 8.51. The average Bonchev–Trinajstić information content (AvgIpc) is 2.64. The molecular formula is C20H24N2O2. The van der Waals surface area contributed by atoms with E-state index >= 15 is 0 Å². The number of carbonyl (C=O) groups is 1. The van der Waals surface area contributed by atoms with Crippen molar-refractivity contribution in [1.82, 2.24) is 4.90 Å². The van der Waals surface area contributed by atoms with Gasteiger partial charge in [0.15, 0.2) is 0 Å². The largest absolute Gasteiger partial charge is 0.378 e. The number of rotatable bonds is 5. The van der Waals surface area contributed by atoms with Crippen LogP contribution in [0.25, 0.3) is 0 Å². The molecule has 0 aromatic heterocycles. The minimum absolute atomic E-state index is 0.493. The van der Waals surface area contributed by atoms with E-state index < -0.39 is 17.6 Å². The SMILES string of the molecule is NC(=O)C(N1CCCCC1)C(O)(c1ccccc1)c1ccccc1. The molecule has 1 heterocycles. The van der Waals surface area contributed by atoms with Crippen LogP contribution < -0.4 is 5.73 Å². The summed E-state index contributed by atoms with van der Waals surface area (Å²) in [6.45, 7) is 1.55. The summed E-state index contributed by atoms with van der Waals surface area (Å²) in [5.74, 6) is -0.493. The molecule has 0 spiro atoms. The summed E-state index contributed by atoms with van der Waals surface area (Å²) < 4.78 is 0. The van der Waals surface area contributed by atoms with Gasteiger partial charge < -0.3 is 10.8 Å². The lowest BCUT2D eigenvalue weighted by Crippen LogP contribution is -2.59. The van der Waals surface area contributed by atoms with E-state index in [0.717, 1.165) is 32.4 Å². The van der Waals surface area contributed by atoms with Gasteiger partial charge in [-0.3, -0.25) is 9.69 Å². The van der Waals surface area contributed by atoms with Gasteiger partial charge in [-0.05, 0) is 37.1 Å². The maximum Gasteiger partial charge on any atom is 0.238 e. The van der Waals surface area contributed by atoms with Gasteiger partial charge in [0.05, 0.1) is 0 Å². The van der Waals surface area contributed by atoms with Gasteiger partial charge in [0.25, 0.3) is 0 Å². The van der Waals surface area contributed by atoms with Gasteiger partial charge >= 0.3 is 0 Å². The molecule has 1 unspecified atom stereocenters. The molecule has 0 radical (unpaired) electrons. The fourth-order valence-corrected chi connectivity index (χ4v) is 3.69. The lowest BCUT2D eigenvalue weighted by atomic mass is 9.78. The smallest absolute Gasteiger partial charge is 0.238 e. The number of likely N-dealkylation sites (tertiary alicyclic amines) is 1. The number of nitrogens with zero attached hydrogens (tertiary/aromatic N) is 1. The molecule has 0 saturated carbocycles. The minimum atomic E-state index is -1.47. The van der Waals surface area contributed by atoms with Crippen LogP contribution in [-0.2, 0) is 10.4 Å². The van der Waals surface area contributed by atoms with Gasteiger partial charge in [-0.25, -0.2) is 0 Å². The van der Waals surface area contributed by atoms with Gasteiger partial charge in [-0.2, -0.15) is 0 Å². The van der Waals surface area contributed by atoms with E-state index in [-0.39, 0.29) is 0 Å². The summed E-state index contributed by atoms with van der Waals surface area (Å²) in [6.07, 6.45) is 3.18. The Bertz CT molecular complexity index is 627. The molecule has 24 heavy (non-hydrogen) atoms. The number of hydrogen-bond acceptors (Lipinski definition) is 3. The highest BCUT2D eigenvalue weighted by atomic mass is 16.3. The molecule has 1 amide bonds. The van der Waals surface area contributed by atoms with Gasteiger partial charge in [-0.15, -0.1) is 0 Å². The lowest BCUT2D eigenvalue weighted by Gasteiger charge is -2.43. The standard InChI is InChI=1S/C20H24N2O2/c21-19(23)18(22-14-8-3-9-15-22)20(24,16-10-4-1-5-11-16)17-12-6-2-7-13-17/h1-2,4-7,10-13,18,24H,3,8-9,14-15H2,(H2,21,23). The first kappa shape index (κ1) is 16.7. The van der Waals surface area contributed by atoms with E-state index in [4.69, 9.17) is 5.73 Å². The minimum Gasteiger partial charge on any atom is -0.378 e. The number of hydrogen-bond donors (Lipinski definition) is 2. The predicted molar refractivity (Wildman–Crippen MR) is 94.3 cm³/mol. The summed E-state index contributed by atoms with van der Waals surface area (Å²) in [5.41, 5.74) is 5.69. The number of amides is 1. The Morgan fingerprint density at radius 3 is 1.79 bits per heavy atom. The van der Waals surface area contributed by atoms with Crippen LogP contribution in [0.15, 0.2) is 60.7 Å². The van der Waals surface area contributed by atoms with Gasteiger partial charge in [0.1, 0.15) is 11.6 Å². The molecule has 1 fully saturated rings. The Kier molecular flexibility index (Phi) is 4.97. The summed E-state index contributed by atoms with van der Waals surface area (Å²) >= 11 is 0. The average molecular weight is 324 g/mol. The molecular weight excluding hydrogens is 300 g/mol. The predicted octanol–water partition coefficient (Wildman–Crippen LogP) is 2.26. The molecule has 0 bridgehead atoms. The zero-order valence-corrected chi connectivity index (χ0v) is 13.8. The maximum atomic E-state index is 12.4. The molecule has 1 saturated heterocycles. The lowest BCUT2D eigenvalue weighted by molar-refractivity contribution is -0.133. The van der Waals surface area contributed by atoms with Gasteiger partial charge in [0, 0.05) is 0 Å². The number of carbonyl (C=O) groups excluding carboxylic acids is 1. The topological polar surface area (TPSA) is 66.6 Å². The van der Waals surface area contributed by atoms with Crippen LogP contribution in [-0.4, -0.2) is 35.0 Å². The van der Waals surface area contributed by atoms with E-state index in [9.17, 15) is 9.90 Å². The summed E-state index contributed by atoms with van der Waals surface area (Å²) in [5, 5.41) is 11.8. The van der Waals surface area contributed by atoms with E-state index in [1.165, 1.54) is 0 Å². The number of piperidine rings is 1. The van der Waals surface area contributed by atoms with Crippen LogP contribution in [0.2, 0.25) is 0 Å². The quantitative estimate of drug-likeness (QED) is 0.886. The van der Waals surface area contributed by atoms with E-state index in [1.54, 1.807) is 0 Å². The third-order valence-electron chi connectivity index (χ3n) is 4.85. The second-order valence-corrected chi connectivity index (χ2v) is 6.40. The van der Waals surface area contributed by atoms with Crippen molar-refractivity contribution in [3.8, 4) is 0 Å². The second-order valence-electron chi connectivity index (χ2n) is 6.40. The Morgan fingerprint density at radius 2 is 1.38 bits per heavy atom. The molecule has 4 heteroatoms. The fourth-order valence-electron chi connectivity index (χ4n) is 3.69. The van der Waals surface area contributed by atoms with Crippen molar-refractivity contribution in [3.05, 3.63) is 71.8 Å². The van der Waals surface area contributed by atoms with Crippen LogP contribution in [0.3, 0.4) is 0 Å². The van der Waals surface area contributed by atoms with Crippen molar-refractivity contribution in [1.29, 1.82) is 0 Å². The molecule has 2 aromatic carbocycles. The van der Waals surface area contributed by atoms with Crippen LogP contribution >= 0.6 is 0 Å². The van der Waals surface area contributed by atoms with Gasteiger partial charge in [-0.1, -0.05) is 67.1 Å². The molecule has 1 aliphatic rings. The van der Waals surface area contributed by atoms with E-state index in [2.05, 4.69) is 0 Å². The van der Waals surface area contributed by atoms with Crippen molar-refractivity contribution in [2.24, 2.45) is 5.73 Å². The Balaban J connectivity index is 2.13. The number of nitrogens with two attached hydrogens (primary N) is 1. The third-order valence-corrected chi connectivity index (χ3v) is 4.85. The van der Waals surface area contributed by atoms with Crippen molar-refractivity contribution < 1.29 is 9.90 Å². The summed E-state index contributed by atoms with van der Waals surface area (Å²) in [7, 11) is 0. The number of aliphatic hydroxyl groups is 1. The summed E-state index contributed by atoms with van der Waals surface area (Å²) in [4.78, 5) is 14.4. The van der Waals surface area contributed by atoms with Crippen molar-refractivity contribution in [3.63, 3.8) is 0 Å². The zero-order chi connectivity index (χ0) is 17.0. The van der Waals surface area contributed by atoms with Crippen molar-refractivity contribution >= 4 is 5.91 Å². The molecule has 1 aliphatic heterocycles. The molecule has 3 N–H and O–H groups in total. The first-order chi connectivity index (χ1) is 11.6. The molecule has 126 valence electrons. The molecule has 3 rings (SSSR count). The normalized spacial score (nSPS) is 17.4. The van der Waals surface area contributed by atoms with Crippen LogP contribution in [0.5, 0.6) is 0 Å². The Morgan fingerprint density at radius 1 is 0.917 bits per heavy atom. The van der Waals surface area contributed by atoms with Crippen LogP contribution in [0.1, 0.15) is 30.4 Å². The maximum absolute atomic E-state index is 12.4. The van der Waals surface area contributed by atoms with E-state index in [0.29, 0.717) is 11.1 Å². The monoisotopic (exact) mass is 324 g/mol. The molecule has 4 nitrogen and oxygen atoms in total. The highest BCUT2D eigenvalue weighted by molar-refractivity contribution is 5.82. The Labute approximate surface area is 142 Å². The highest BCUT2D eigenvalue weighted by Gasteiger charge is 2.46. The number of benzene rings is 2. The third kappa shape index (κ3) is 3.07. The van der Waals surface area contributed by atoms with E-state index in [1.807, 2.05) is 65.6 Å². The molecule has 2 aromatic rings. The van der Waals surface area contributed by atoms with Crippen molar-refractivity contribution in [2.75, 3.05) is 13.1 Å².